The second-order valence-corrected chi connectivity index (χ2v) is 7.97. The number of hydrogen-bond donors (Lipinski definition) is 3. The van der Waals surface area contributed by atoms with E-state index in [0.717, 1.165) is 4.68 Å². The van der Waals surface area contributed by atoms with Gasteiger partial charge in [-0.3, -0.25) is 19.5 Å². The number of nitrogens with zero attached hydrogens (tertiary/aromatic N) is 1. The van der Waals surface area contributed by atoms with Gasteiger partial charge in [-0.15, -0.1) is 0 Å². The van der Waals surface area contributed by atoms with Crippen molar-refractivity contribution in [3.8, 4) is 0 Å². The fourth-order valence-electron chi connectivity index (χ4n) is 2.78. The molecule has 0 fully saturated rings. The van der Waals surface area contributed by atoms with Crippen LogP contribution in [-0.2, 0) is 21.4 Å². The van der Waals surface area contributed by atoms with E-state index < -0.39 is 33.6 Å². The molecule has 0 spiro atoms. The van der Waals surface area contributed by atoms with Gasteiger partial charge in [-0.2, -0.15) is 0 Å². The number of amides is 1. The third-order valence-electron chi connectivity index (χ3n) is 4.22. The number of benzene rings is 2. The Balaban J connectivity index is 1.89. The predicted molar refractivity (Wildman–Crippen MR) is 105 cm³/mol. The molecule has 0 unspecified atom stereocenters. The van der Waals surface area contributed by atoms with E-state index in [1.807, 2.05) is 0 Å². The van der Waals surface area contributed by atoms with Gasteiger partial charge in [0.05, 0.1) is 15.7 Å². The maximum absolute atomic E-state index is 12.5. The number of H-pyrrole nitrogens is 1. The summed E-state index contributed by atoms with van der Waals surface area (Å²) in [7, 11) is -2.39. The number of sulfonamides is 1. The number of aromatic nitrogens is 2. The normalized spacial score (nSPS) is 11.5. The van der Waals surface area contributed by atoms with Crippen molar-refractivity contribution in [3.05, 3.63) is 68.7 Å². The summed E-state index contributed by atoms with van der Waals surface area (Å²) in [6, 6.07) is 10.7. The number of aromatic amines is 1. The fourth-order valence-corrected chi connectivity index (χ4v) is 3.77. The SMILES string of the molecule is CNS(=O)(=O)c1cc(NC(=O)Cn2[nH]c(=O)c3ccccc3c2=O)ccc1C. The van der Waals surface area contributed by atoms with Crippen LogP contribution in [0.25, 0.3) is 10.8 Å². The predicted octanol–water partition coefficient (Wildman–Crippen LogP) is 0.545. The summed E-state index contributed by atoms with van der Waals surface area (Å²) in [6.45, 7) is 1.20. The zero-order chi connectivity index (χ0) is 20.5. The van der Waals surface area contributed by atoms with E-state index in [2.05, 4.69) is 15.1 Å². The minimum Gasteiger partial charge on any atom is -0.324 e. The molecule has 10 heteroatoms. The average Bonchev–Trinajstić information content (AvgIpc) is 2.67. The monoisotopic (exact) mass is 402 g/mol. The summed E-state index contributed by atoms with van der Waals surface area (Å²) >= 11 is 0. The number of anilines is 1. The summed E-state index contributed by atoms with van der Waals surface area (Å²) in [6.07, 6.45) is 0. The van der Waals surface area contributed by atoms with E-state index in [1.165, 1.54) is 25.2 Å². The maximum atomic E-state index is 12.5. The van der Waals surface area contributed by atoms with Gasteiger partial charge in [-0.25, -0.2) is 17.8 Å². The zero-order valence-corrected chi connectivity index (χ0v) is 16.0. The Hall–Kier alpha value is -3.24. The molecule has 0 bridgehead atoms. The average molecular weight is 402 g/mol. The van der Waals surface area contributed by atoms with Gasteiger partial charge in [0.2, 0.25) is 15.9 Å². The molecule has 1 amide bonds. The van der Waals surface area contributed by atoms with Crippen LogP contribution in [0, 0.1) is 6.92 Å². The highest BCUT2D eigenvalue weighted by molar-refractivity contribution is 7.89. The standard InChI is InChI=1S/C18H18N4O5S/c1-11-7-8-12(9-15(11)28(26,27)19-2)20-16(23)10-22-18(25)14-6-4-3-5-13(14)17(24)21-22/h3-9,19H,10H2,1-2H3,(H,20,23)(H,21,24). The molecule has 0 aliphatic heterocycles. The zero-order valence-electron chi connectivity index (χ0n) is 15.1. The summed E-state index contributed by atoms with van der Waals surface area (Å²) < 4.78 is 27.2. The Bertz CT molecular complexity index is 1290. The van der Waals surface area contributed by atoms with Crippen molar-refractivity contribution in [2.24, 2.45) is 0 Å². The number of carbonyl (C=O) groups excluding carboxylic acids is 1. The molecule has 0 saturated heterocycles. The van der Waals surface area contributed by atoms with E-state index in [-0.39, 0.29) is 21.4 Å². The van der Waals surface area contributed by atoms with Gasteiger partial charge in [-0.1, -0.05) is 18.2 Å². The maximum Gasteiger partial charge on any atom is 0.273 e. The minimum absolute atomic E-state index is 0.0316. The van der Waals surface area contributed by atoms with E-state index in [0.29, 0.717) is 5.56 Å². The first kappa shape index (κ1) is 19.5. The van der Waals surface area contributed by atoms with Crippen molar-refractivity contribution in [2.75, 3.05) is 12.4 Å². The van der Waals surface area contributed by atoms with Crippen molar-refractivity contribution >= 4 is 32.4 Å². The number of nitrogens with one attached hydrogen (secondary N) is 3. The molecular formula is C18H18N4O5S. The van der Waals surface area contributed by atoms with E-state index in [4.69, 9.17) is 0 Å². The first-order chi connectivity index (χ1) is 13.2. The molecule has 3 aromatic rings. The minimum atomic E-state index is -3.69. The van der Waals surface area contributed by atoms with Crippen LogP contribution in [0.2, 0.25) is 0 Å². The molecular weight excluding hydrogens is 384 g/mol. The van der Waals surface area contributed by atoms with Crippen LogP contribution in [0.15, 0.2) is 56.9 Å². The van der Waals surface area contributed by atoms with Crippen LogP contribution >= 0.6 is 0 Å². The molecule has 3 rings (SSSR count). The van der Waals surface area contributed by atoms with Crippen LogP contribution in [0.5, 0.6) is 0 Å². The van der Waals surface area contributed by atoms with Crippen molar-refractivity contribution in [1.82, 2.24) is 14.5 Å². The summed E-state index contributed by atoms with van der Waals surface area (Å²) in [5, 5.41) is 5.35. The summed E-state index contributed by atoms with van der Waals surface area (Å²) in [4.78, 5) is 36.9. The van der Waals surface area contributed by atoms with E-state index >= 15 is 0 Å². The molecule has 0 aliphatic carbocycles. The Kier molecular flexibility index (Phi) is 5.16. The van der Waals surface area contributed by atoms with Gasteiger partial charge in [0.15, 0.2) is 0 Å². The van der Waals surface area contributed by atoms with Gasteiger partial charge in [0.25, 0.3) is 11.1 Å². The lowest BCUT2D eigenvalue weighted by Crippen LogP contribution is -2.34. The molecule has 146 valence electrons. The van der Waals surface area contributed by atoms with Gasteiger partial charge < -0.3 is 5.32 Å². The largest absolute Gasteiger partial charge is 0.324 e. The summed E-state index contributed by atoms with van der Waals surface area (Å²) in [5.41, 5.74) is -0.225. The number of aryl methyl sites for hydroxylation is 1. The van der Waals surface area contributed by atoms with Crippen LogP contribution in [-0.4, -0.2) is 31.2 Å². The number of carbonyl (C=O) groups is 1. The highest BCUT2D eigenvalue weighted by atomic mass is 32.2. The van der Waals surface area contributed by atoms with Gasteiger partial charge >= 0.3 is 0 Å². The smallest absolute Gasteiger partial charge is 0.273 e. The second kappa shape index (κ2) is 7.41. The molecule has 28 heavy (non-hydrogen) atoms. The summed E-state index contributed by atoms with van der Waals surface area (Å²) in [5.74, 6) is -0.593. The van der Waals surface area contributed by atoms with E-state index in [9.17, 15) is 22.8 Å². The second-order valence-electron chi connectivity index (χ2n) is 6.11. The van der Waals surface area contributed by atoms with Crippen molar-refractivity contribution < 1.29 is 13.2 Å². The van der Waals surface area contributed by atoms with Crippen LogP contribution < -0.4 is 21.2 Å². The molecule has 0 radical (unpaired) electrons. The van der Waals surface area contributed by atoms with Crippen molar-refractivity contribution in [2.45, 2.75) is 18.4 Å². The van der Waals surface area contributed by atoms with Gasteiger partial charge in [-0.05, 0) is 43.8 Å². The van der Waals surface area contributed by atoms with E-state index in [1.54, 1.807) is 31.2 Å². The molecule has 1 heterocycles. The van der Waals surface area contributed by atoms with Gasteiger partial charge in [0, 0.05) is 5.69 Å². The van der Waals surface area contributed by atoms with Crippen molar-refractivity contribution in [1.29, 1.82) is 0 Å². The van der Waals surface area contributed by atoms with Crippen LogP contribution in [0.1, 0.15) is 5.56 Å². The molecule has 2 aromatic carbocycles. The Labute approximate surface area is 160 Å². The Morgan fingerprint density at radius 1 is 1.11 bits per heavy atom. The Morgan fingerprint density at radius 3 is 2.46 bits per heavy atom. The quantitative estimate of drug-likeness (QED) is 0.574. The van der Waals surface area contributed by atoms with Gasteiger partial charge in [0.1, 0.15) is 6.54 Å². The lowest BCUT2D eigenvalue weighted by Gasteiger charge is -2.11. The third kappa shape index (κ3) is 3.73. The fraction of sp³-hybridized carbons (Fsp3) is 0.167. The molecule has 0 saturated carbocycles. The molecule has 9 nitrogen and oxygen atoms in total. The van der Waals surface area contributed by atoms with Crippen LogP contribution in [0.3, 0.4) is 0 Å². The number of rotatable bonds is 5. The number of fused-ring (bicyclic) bond motifs is 1. The molecule has 0 atom stereocenters. The first-order valence-corrected chi connectivity index (χ1v) is 9.77. The highest BCUT2D eigenvalue weighted by Gasteiger charge is 2.16. The highest BCUT2D eigenvalue weighted by Crippen LogP contribution is 2.19. The topological polar surface area (TPSA) is 130 Å². The molecule has 3 N–H and O–H groups in total. The Morgan fingerprint density at radius 2 is 1.79 bits per heavy atom. The molecule has 0 aliphatic rings. The molecule has 1 aromatic heterocycles. The number of hydrogen-bond acceptors (Lipinski definition) is 5. The van der Waals surface area contributed by atoms with Crippen LogP contribution in [0.4, 0.5) is 5.69 Å². The third-order valence-corrected chi connectivity index (χ3v) is 5.77. The lowest BCUT2D eigenvalue weighted by atomic mass is 10.2. The lowest BCUT2D eigenvalue weighted by molar-refractivity contribution is -0.117. The van der Waals surface area contributed by atoms with Crippen molar-refractivity contribution in [3.63, 3.8) is 0 Å². The first-order valence-electron chi connectivity index (χ1n) is 8.29.